The first-order chi connectivity index (χ1) is 21.3. The van der Waals surface area contributed by atoms with Gasteiger partial charge >= 0.3 is 0 Å². The predicted octanol–water partition coefficient (Wildman–Crippen LogP) is 6.89. The molecule has 2 aliphatic heterocycles. The van der Waals surface area contributed by atoms with Crippen LogP contribution in [0, 0.1) is 48.8 Å². The molecule has 2 aliphatic carbocycles. The number of hydrogen-bond donors (Lipinski definition) is 1. The molecule has 10 heteroatoms. The van der Waals surface area contributed by atoms with Crippen molar-refractivity contribution in [1.29, 1.82) is 0 Å². The largest absolute Gasteiger partial charge is 0.508 e. The first-order valence-corrected chi connectivity index (χ1v) is 15.6. The number of imide groups is 2. The second-order valence-corrected chi connectivity index (χ2v) is 13.6. The van der Waals surface area contributed by atoms with E-state index in [1.807, 2.05) is 13.0 Å². The number of rotatable bonds is 3. The lowest BCUT2D eigenvalue weighted by atomic mass is 9.51. The minimum absolute atomic E-state index is 0.0888. The molecule has 4 amide bonds. The summed E-state index contributed by atoms with van der Waals surface area (Å²) in [6.07, 6.45) is 2.44. The Morgan fingerprint density at radius 3 is 2.20 bits per heavy atom. The summed E-state index contributed by atoms with van der Waals surface area (Å²) in [7, 11) is 0. The fourth-order valence-corrected chi connectivity index (χ4v) is 8.45. The van der Waals surface area contributed by atoms with Crippen molar-refractivity contribution < 1.29 is 28.7 Å². The third kappa shape index (κ3) is 4.15. The van der Waals surface area contributed by atoms with Gasteiger partial charge in [0.1, 0.15) is 11.6 Å². The van der Waals surface area contributed by atoms with E-state index in [1.54, 1.807) is 50.2 Å². The minimum atomic E-state index is -1.27. The Kier molecular flexibility index (Phi) is 6.77. The fourth-order valence-electron chi connectivity index (χ4n) is 8.10. The van der Waals surface area contributed by atoms with E-state index in [2.05, 4.69) is 0 Å². The second-order valence-electron chi connectivity index (χ2n) is 12.8. The smallest absolute Gasteiger partial charge is 0.241 e. The Morgan fingerprint density at radius 1 is 0.822 bits per heavy atom. The lowest BCUT2D eigenvalue weighted by Gasteiger charge is -2.49. The van der Waals surface area contributed by atoms with Crippen LogP contribution < -0.4 is 9.80 Å². The quantitative estimate of drug-likeness (QED) is 0.247. The summed E-state index contributed by atoms with van der Waals surface area (Å²) in [6, 6.07) is 13.9. The summed E-state index contributed by atoms with van der Waals surface area (Å²) in [5.41, 5.74) is 2.24. The maximum Gasteiger partial charge on any atom is 0.241 e. The van der Waals surface area contributed by atoms with Gasteiger partial charge in [0.2, 0.25) is 23.6 Å². The number of anilines is 2. The average Bonchev–Trinajstić information content (AvgIpc) is 3.37. The van der Waals surface area contributed by atoms with Crippen LogP contribution in [0.1, 0.15) is 42.4 Å². The lowest BCUT2D eigenvalue weighted by Crippen LogP contribution is -2.48. The number of halogens is 3. The molecule has 0 spiro atoms. The van der Waals surface area contributed by atoms with E-state index in [-0.39, 0.29) is 34.7 Å². The number of phenols is 1. The van der Waals surface area contributed by atoms with Crippen molar-refractivity contribution in [2.45, 2.75) is 39.5 Å². The van der Waals surface area contributed by atoms with Gasteiger partial charge < -0.3 is 5.11 Å². The average molecular weight is 648 g/mol. The number of carbonyl (C=O) groups is 4. The van der Waals surface area contributed by atoms with E-state index >= 15 is 0 Å². The zero-order valence-electron chi connectivity index (χ0n) is 24.7. The number of allylic oxidation sites excluding steroid dienone is 2. The van der Waals surface area contributed by atoms with E-state index in [4.69, 9.17) is 23.2 Å². The van der Waals surface area contributed by atoms with Crippen molar-refractivity contribution >= 4 is 58.2 Å². The third-order valence-corrected chi connectivity index (χ3v) is 11.1. The van der Waals surface area contributed by atoms with Crippen LogP contribution in [0.15, 0.2) is 66.2 Å². The Labute approximate surface area is 269 Å². The summed E-state index contributed by atoms with van der Waals surface area (Å²) in [5.74, 6) is -5.53. The van der Waals surface area contributed by atoms with Crippen molar-refractivity contribution in [3.63, 3.8) is 0 Å². The standard InChI is InChI=1S/C35H29Cl2FN2O5/c1-16-4-6-19(13-25(16)36)39-31(42)22-9-8-21-23(29(22)33(39)44)15-24-32(43)40(20-7-10-27(38)26(37)14-20)34(45)35(24,3)30(21)18-5-11-28(41)17(2)12-18/h4-8,10-14,22-24,29-30,41H,9,15H2,1-3H3. The Hall–Kier alpha value is -4.01. The highest BCUT2D eigenvalue weighted by atomic mass is 35.5. The van der Waals surface area contributed by atoms with E-state index < -0.39 is 52.6 Å². The highest BCUT2D eigenvalue weighted by molar-refractivity contribution is 6.32. The van der Waals surface area contributed by atoms with Gasteiger partial charge in [0.25, 0.3) is 0 Å². The van der Waals surface area contributed by atoms with Crippen LogP contribution in [0.5, 0.6) is 5.75 Å². The molecule has 6 unspecified atom stereocenters. The van der Waals surface area contributed by atoms with Crippen LogP contribution in [-0.4, -0.2) is 28.7 Å². The van der Waals surface area contributed by atoms with Gasteiger partial charge in [-0.2, -0.15) is 0 Å². The fraction of sp³-hybridized carbons (Fsp3) is 0.314. The zero-order valence-corrected chi connectivity index (χ0v) is 26.2. The number of aryl methyl sites for hydroxylation is 2. The number of amides is 4. The molecule has 2 heterocycles. The number of nitrogens with zero attached hydrogens (tertiary/aromatic N) is 2. The van der Waals surface area contributed by atoms with Gasteiger partial charge in [0, 0.05) is 10.9 Å². The van der Waals surface area contributed by atoms with Gasteiger partial charge in [-0.3, -0.25) is 19.2 Å². The van der Waals surface area contributed by atoms with Crippen LogP contribution in [0.3, 0.4) is 0 Å². The monoisotopic (exact) mass is 646 g/mol. The number of carbonyl (C=O) groups excluding carboxylic acids is 4. The highest BCUT2D eigenvalue weighted by Crippen LogP contribution is 2.64. The molecule has 4 aliphatic rings. The molecule has 3 fully saturated rings. The van der Waals surface area contributed by atoms with E-state index in [9.17, 15) is 28.7 Å². The number of aromatic hydroxyl groups is 1. The van der Waals surface area contributed by atoms with Crippen molar-refractivity contribution in [3.05, 3.63) is 98.8 Å². The molecule has 1 N–H and O–H groups in total. The molecule has 3 aromatic carbocycles. The van der Waals surface area contributed by atoms with Crippen LogP contribution in [-0.2, 0) is 19.2 Å². The molecule has 3 aromatic rings. The van der Waals surface area contributed by atoms with Crippen molar-refractivity contribution in [1.82, 2.24) is 0 Å². The maximum absolute atomic E-state index is 14.5. The van der Waals surface area contributed by atoms with Gasteiger partial charge in [-0.1, -0.05) is 53.1 Å². The van der Waals surface area contributed by atoms with E-state index in [1.165, 1.54) is 17.0 Å². The van der Waals surface area contributed by atoms with E-state index in [0.29, 0.717) is 28.3 Å². The van der Waals surface area contributed by atoms with Crippen LogP contribution in [0.25, 0.3) is 0 Å². The van der Waals surface area contributed by atoms with Crippen molar-refractivity contribution in [2.24, 2.45) is 29.1 Å². The summed E-state index contributed by atoms with van der Waals surface area (Å²) in [4.78, 5) is 59.0. The van der Waals surface area contributed by atoms with Gasteiger partial charge in [0.15, 0.2) is 0 Å². The molecule has 7 nitrogen and oxygen atoms in total. The van der Waals surface area contributed by atoms with Gasteiger partial charge in [-0.05, 0) is 92.6 Å². The maximum atomic E-state index is 14.5. The summed E-state index contributed by atoms with van der Waals surface area (Å²) < 4.78 is 14.1. The summed E-state index contributed by atoms with van der Waals surface area (Å²) >= 11 is 12.4. The van der Waals surface area contributed by atoms with E-state index in [0.717, 1.165) is 22.1 Å². The molecule has 230 valence electrons. The molecule has 7 rings (SSSR count). The second kappa shape index (κ2) is 10.3. The van der Waals surface area contributed by atoms with Crippen LogP contribution >= 0.6 is 23.2 Å². The SMILES string of the molecule is Cc1cc(C2C3=CCC4C(=O)N(c5ccc(C)c(Cl)c5)C(=O)C4C3CC3C(=O)N(c4ccc(F)c(Cl)c4)C(=O)C32C)ccc1O. The number of fused-ring (bicyclic) bond motifs is 4. The van der Waals surface area contributed by atoms with Crippen LogP contribution in [0.2, 0.25) is 10.0 Å². The number of phenolic OH excluding ortho intramolecular Hbond substituents is 1. The van der Waals surface area contributed by atoms with Crippen molar-refractivity contribution in [3.8, 4) is 5.75 Å². The number of benzene rings is 3. The van der Waals surface area contributed by atoms with Crippen molar-refractivity contribution in [2.75, 3.05) is 9.80 Å². The number of hydrogen-bond acceptors (Lipinski definition) is 5. The van der Waals surface area contributed by atoms with Gasteiger partial charge in [0.05, 0.1) is 39.6 Å². The molecule has 0 aromatic heterocycles. The highest BCUT2D eigenvalue weighted by Gasteiger charge is 2.67. The normalized spacial score (nSPS) is 29.1. The Balaban J connectivity index is 1.37. The van der Waals surface area contributed by atoms with Gasteiger partial charge in [-0.15, -0.1) is 0 Å². The first-order valence-electron chi connectivity index (χ1n) is 14.8. The molecule has 1 saturated carbocycles. The van der Waals surface area contributed by atoms with Crippen LogP contribution in [0.4, 0.5) is 15.8 Å². The molecular weight excluding hydrogens is 618 g/mol. The Morgan fingerprint density at radius 2 is 1.51 bits per heavy atom. The molecule has 6 atom stereocenters. The molecule has 45 heavy (non-hydrogen) atoms. The molecule has 0 radical (unpaired) electrons. The third-order valence-electron chi connectivity index (χ3n) is 10.4. The minimum Gasteiger partial charge on any atom is -0.508 e. The zero-order chi connectivity index (χ0) is 32.1. The first kappa shape index (κ1) is 29.7. The topological polar surface area (TPSA) is 95.0 Å². The molecular formula is C35H29Cl2FN2O5. The lowest BCUT2D eigenvalue weighted by molar-refractivity contribution is -0.131. The Bertz CT molecular complexity index is 1890. The predicted molar refractivity (Wildman–Crippen MR) is 168 cm³/mol. The molecule has 2 saturated heterocycles. The summed E-state index contributed by atoms with van der Waals surface area (Å²) in [6.45, 7) is 5.35. The summed E-state index contributed by atoms with van der Waals surface area (Å²) in [5, 5.41) is 10.6. The molecule has 0 bridgehead atoms. The van der Waals surface area contributed by atoms with Gasteiger partial charge in [-0.25, -0.2) is 14.2 Å².